The van der Waals surface area contributed by atoms with Crippen molar-refractivity contribution in [2.45, 2.75) is 12.8 Å². The van der Waals surface area contributed by atoms with Gasteiger partial charge in [-0.25, -0.2) is 0 Å². The lowest BCUT2D eigenvalue weighted by Gasteiger charge is -2.10. The minimum atomic E-state index is -0.111. The predicted molar refractivity (Wildman–Crippen MR) is 118 cm³/mol. The number of para-hydroxylation sites is 1. The van der Waals surface area contributed by atoms with Crippen molar-refractivity contribution in [3.8, 4) is 5.69 Å². The zero-order valence-corrected chi connectivity index (χ0v) is 16.2. The molecule has 5 heteroatoms. The summed E-state index contributed by atoms with van der Waals surface area (Å²) in [5.41, 5.74) is 6.47. The molecule has 5 aromatic rings. The molecule has 0 radical (unpaired) electrons. The summed E-state index contributed by atoms with van der Waals surface area (Å²) >= 11 is 0. The maximum atomic E-state index is 13.1. The molecule has 1 aliphatic carbocycles. The molecule has 0 fully saturated rings. The Balaban J connectivity index is 1.34. The van der Waals surface area contributed by atoms with Crippen LogP contribution >= 0.6 is 0 Å². The SMILES string of the molecule is O=C(Nc1ccc2nn(-c3ccccc3)nc2c1)c1ccc2c3c(cccc13)CC2. The number of carbonyl (C=O) groups is 1. The van der Waals surface area contributed by atoms with E-state index >= 15 is 0 Å². The third kappa shape index (κ3) is 2.67. The van der Waals surface area contributed by atoms with Crippen LogP contribution in [0.3, 0.4) is 0 Å². The molecule has 1 aromatic heterocycles. The molecule has 1 N–H and O–H groups in total. The zero-order chi connectivity index (χ0) is 20.1. The fraction of sp³-hybridized carbons (Fsp3) is 0.0800. The molecule has 1 amide bonds. The van der Waals surface area contributed by atoms with Crippen molar-refractivity contribution in [1.29, 1.82) is 0 Å². The summed E-state index contributed by atoms with van der Waals surface area (Å²) in [6.45, 7) is 0. The number of aromatic nitrogens is 3. The van der Waals surface area contributed by atoms with E-state index in [2.05, 4.69) is 27.6 Å². The molecule has 5 nitrogen and oxygen atoms in total. The smallest absolute Gasteiger partial charge is 0.256 e. The van der Waals surface area contributed by atoms with E-state index in [9.17, 15) is 4.79 Å². The lowest BCUT2D eigenvalue weighted by Crippen LogP contribution is -2.12. The molecular weight excluding hydrogens is 372 g/mol. The minimum absolute atomic E-state index is 0.111. The molecule has 0 spiro atoms. The van der Waals surface area contributed by atoms with Gasteiger partial charge in [0.05, 0.1) is 5.69 Å². The summed E-state index contributed by atoms with van der Waals surface area (Å²) in [5, 5.41) is 14.4. The second-order valence-electron chi connectivity index (χ2n) is 7.59. The van der Waals surface area contributed by atoms with Crippen molar-refractivity contribution < 1.29 is 4.79 Å². The normalized spacial score (nSPS) is 12.5. The maximum absolute atomic E-state index is 13.1. The van der Waals surface area contributed by atoms with Crippen molar-refractivity contribution in [2.75, 3.05) is 5.32 Å². The molecule has 0 atom stereocenters. The number of hydrogen-bond acceptors (Lipinski definition) is 3. The first-order valence-electron chi connectivity index (χ1n) is 10.0. The van der Waals surface area contributed by atoms with E-state index < -0.39 is 0 Å². The fourth-order valence-corrected chi connectivity index (χ4v) is 4.31. The van der Waals surface area contributed by atoms with E-state index in [4.69, 9.17) is 0 Å². The van der Waals surface area contributed by atoms with Crippen LogP contribution in [0.4, 0.5) is 5.69 Å². The van der Waals surface area contributed by atoms with Gasteiger partial charge in [-0.3, -0.25) is 4.79 Å². The van der Waals surface area contributed by atoms with Gasteiger partial charge < -0.3 is 5.32 Å². The largest absolute Gasteiger partial charge is 0.322 e. The molecule has 0 aliphatic heterocycles. The van der Waals surface area contributed by atoms with Crippen LogP contribution in [0.15, 0.2) is 78.9 Å². The third-order valence-electron chi connectivity index (χ3n) is 5.75. The van der Waals surface area contributed by atoms with Crippen LogP contribution in [0.25, 0.3) is 27.5 Å². The van der Waals surface area contributed by atoms with E-state index in [0.29, 0.717) is 11.3 Å². The molecule has 4 aromatic carbocycles. The van der Waals surface area contributed by atoms with Crippen LogP contribution in [0.1, 0.15) is 21.5 Å². The van der Waals surface area contributed by atoms with Gasteiger partial charge in [0.1, 0.15) is 11.0 Å². The van der Waals surface area contributed by atoms with Crippen LogP contribution in [-0.2, 0) is 12.8 Å². The lowest BCUT2D eigenvalue weighted by molar-refractivity contribution is 0.102. The number of carbonyl (C=O) groups excluding carboxylic acids is 1. The van der Waals surface area contributed by atoms with Crippen molar-refractivity contribution in [2.24, 2.45) is 0 Å². The van der Waals surface area contributed by atoms with E-state index in [0.717, 1.165) is 34.9 Å². The van der Waals surface area contributed by atoms with E-state index in [1.54, 1.807) is 4.80 Å². The molecule has 1 aliphatic rings. The molecule has 144 valence electrons. The highest BCUT2D eigenvalue weighted by Gasteiger charge is 2.19. The number of rotatable bonds is 3. The molecule has 0 saturated carbocycles. The van der Waals surface area contributed by atoms with Gasteiger partial charge in [-0.05, 0) is 71.1 Å². The molecule has 30 heavy (non-hydrogen) atoms. The highest BCUT2D eigenvalue weighted by atomic mass is 16.1. The molecular formula is C25H18N4O. The quantitative estimate of drug-likeness (QED) is 0.475. The number of nitrogens with zero attached hydrogens (tertiary/aromatic N) is 3. The number of anilines is 1. The number of hydrogen-bond donors (Lipinski definition) is 1. The number of benzene rings is 4. The Hall–Kier alpha value is -3.99. The first kappa shape index (κ1) is 16.9. The molecule has 0 bridgehead atoms. The Labute approximate surface area is 173 Å². The molecule has 1 heterocycles. The van der Waals surface area contributed by atoms with Crippen molar-refractivity contribution in [1.82, 2.24) is 15.0 Å². The Bertz CT molecular complexity index is 1430. The van der Waals surface area contributed by atoms with Crippen LogP contribution in [0.5, 0.6) is 0 Å². The molecule has 6 rings (SSSR count). The van der Waals surface area contributed by atoms with Crippen LogP contribution in [-0.4, -0.2) is 20.9 Å². The van der Waals surface area contributed by atoms with Crippen molar-refractivity contribution in [3.05, 3.63) is 95.6 Å². The second kappa shape index (κ2) is 6.52. The van der Waals surface area contributed by atoms with E-state index in [1.165, 1.54) is 16.5 Å². The number of amides is 1. The lowest BCUT2D eigenvalue weighted by atomic mass is 9.99. The highest BCUT2D eigenvalue weighted by Crippen LogP contribution is 2.33. The summed E-state index contributed by atoms with van der Waals surface area (Å²) in [6.07, 6.45) is 2.09. The van der Waals surface area contributed by atoms with Crippen molar-refractivity contribution in [3.63, 3.8) is 0 Å². The van der Waals surface area contributed by atoms with Gasteiger partial charge in [-0.1, -0.05) is 42.5 Å². The van der Waals surface area contributed by atoms with Gasteiger partial charge in [0, 0.05) is 11.3 Å². The predicted octanol–water partition coefficient (Wildman–Crippen LogP) is 4.92. The van der Waals surface area contributed by atoms with E-state index in [1.807, 2.05) is 66.7 Å². The summed E-state index contributed by atoms with van der Waals surface area (Å²) in [6, 6.07) is 25.6. The minimum Gasteiger partial charge on any atom is -0.322 e. The Kier molecular flexibility index (Phi) is 3.68. The number of fused-ring (bicyclic) bond motifs is 1. The summed E-state index contributed by atoms with van der Waals surface area (Å²) in [5.74, 6) is -0.111. The average Bonchev–Trinajstić information content (AvgIpc) is 3.40. The van der Waals surface area contributed by atoms with Crippen molar-refractivity contribution >= 4 is 33.4 Å². The van der Waals surface area contributed by atoms with Crippen LogP contribution < -0.4 is 5.32 Å². The summed E-state index contributed by atoms with van der Waals surface area (Å²) in [7, 11) is 0. The topological polar surface area (TPSA) is 59.8 Å². The fourth-order valence-electron chi connectivity index (χ4n) is 4.31. The molecule has 0 saturated heterocycles. The monoisotopic (exact) mass is 390 g/mol. The summed E-state index contributed by atoms with van der Waals surface area (Å²) in [4.78, 5) is 14.7. The second-order valence-corrected chi connectivity index (χ2v) is 7.59. The Morgan fingerprint density at radius 3 is 2.47 bits per heavy atom. The van der Waals surface area contributed by atoms with Gasteiger partial charge in [-0.15, -0.1) is 10.2 Å². The average molecular weight is 390 g/mol. The highest BCUT2D eigenvalue weighted by molar-refractivity contribution is 6.14. The Morgan fingerprint density at radius 1 is 0.800 bits per heavy atom. The summed E-state index contributed by atoms with van der Waals surface area (Å²) < 4.78 is 0. The molecule has 0 unspecified atom stereocenters. The first-order chi connectivity index (χ1) is 14.8. The number of nitrogens with one attached hydrogen (secondary N) is 1. The van der Waals surface area contributed by atoms with Gasteiger partial charge in [-0.2, -0.15) is 4.80 Å². The van der Waals surface area contributed by atoms with Gasteiger partial charge in [0.2, 0.25) is 0 Å². The Morgan fingerprint density at radius 2 is 1.60 bits per heavy atom. The van der Waals surface area contributed by atoms with Gasteiger partial charge in [0.25, 0.3) is 5.91 Å². The van der Waals surface area contributed by atoms with Crippen LogP contribution in [0.2, 0.25) is 0 Å². The maximum Gasteiger partial charge on any atom is 0.256 e. The third-order valence-corrected chi connectivity index (χ3v) is 5.75. The standard InChI is InChI=1S/C25H18N4O/c30-25(21-13-11-17-10-9-16-5-4-8-20(21)24(16)17)26-18-12-14-22-23(15-18)28-29(27-22)19-6-2-1-3-7-19/h1-8,11-15H,9-10H2,(H,26,30). The van der Waals surface area contributed by atoms with E-state index in [-0.39, 0.29) is 5.91 Å². The van der Waals surface area contributed by atoms with Gasteiger partial charge >= 0.3 is 0 Å². The number of aryl methyl sites for hydroxylation is 2. The first-order valence-corrected chi connectivity index (χ1v) is 10.0. The zero-order valence-electron chi connectivity index (χ0n) is 16.2. The van der Waals surface area contributed by atoms with Crippen LogP contribution in [0, 0.1) is 0 Å². The van der Waals surface area contributed by atoms with Gasteiger partial charge in [0.15, 0.2) is 0 Å².